The molecule has 146 valence electrons. The van der Waals surface area contributed by atoms with Crippen LogP contribution in [-0.2, 0) is 0 Å². The fraction of sp³-hybridized carbons (Fsp3) is 0.136. The summed E-state index contributed by atoms with van der Waals surface area (Å²) in [5.74, 6) is 0.685. The van der Waals surface area contributed by atoms with E-state index in [1.165, 1.54) is 0 Å². The molecule has 2 N–H and O–H groups in total. The first-order valence-corrected chi connectivity index (χ1v) is 9.26. The van der Waals surface area contributed by atoms with Crippen molar-refractivity contribution in [3.05, 3.63) is 72.7 Å². The van der Waals surface area contributed by atoms with Gasteiger partial charge in [-0.25, -0.2) is 4.98 Å². The lowest BCUT2D eigenvalue weighted by Crippen LogP contribution is -2.17. The Balaban J connectivity index is 1.79. The van der Waals surface area contributed by atoms with Crippen molar-refractivity contribution in [2.45, 2.75) is 0 Å². The predicted molar refractivity (Wildman–Crippen MR) is 116 cm³/mol. The number of amides is 1. The highest BCUT2D eigenvalue weighted by Crippen LogP contribution is 2.32. The summed E-state index contributed by atoms with van der Waals surface area (Å²) in [6.07, 6.45) is 5.31. The summed E-state index contributed by atoms with van der Waals surface area (Å²) in [4.78, 5) is 23.0. The van der Waals surface area contributed by atoms with Crippen molar-refractivity contribution in [1.82, 2.24) is 19.7 Å². The van der Waals surface area contributed by atoms with Crippen molar-refractivity contribution < 1.29 is 4.79 Å². The molecule has 7 nitrogen and oxygen atoms in total. The first-order chi connectivity index (χ1) is 14.1. The van der Waals surface area contributed by atoms with E-state index in [1.54, 1.807) is 25.5 Å². The van der Waals surface area contributed by atoms with Crippen molar-refractivity contribution in [2.24, 2.45) is 0 Å². The first kappa shape index (κ1) is 18.5. The molecular weight excluding hydrogens is 364 g/mol. The topological polar surface area (TPSA) is 74.6 Å². The van der Waals surface area contributed by atoms with Gasteiger partial charge in [0.25, 0.3) is 5.91 Å². The van der Waals surface area contributed by atoms with Gasteiger partial charge in [0.2, 0.25) is 0 Å². The van der Waals surface area contributed by atoms with Crippen molar-refractivity contribution in [1.29, 1.82) is 0 Å². The van der Waals surface area contributed by atoms with E-state index in [4.69, 9.17) is 4.98 Å². The van der Waals surface area contributed by atoms with Crippen LogP contribution >= 0.6 is 0 Å². The molecule has 0 radical (unpaired) electrons. The number of fused-ring (bicyclic) bond motifs is 1. The zero-order valence-electron chi connectivity index (χ0n) is 16.5. The highest BCUT2D eigenvalue weighted by Gasteiger charge is 2.15. The maximum Gasteiger partial charge on any atom is 0.251 e. The van der Waals surface area contributed by atoms with Gasteiger partial charge < -0.3 is 15.5 Å². The van der Waals surface area contributed by atoms with Gasteiger partial charge in [-0.1, -0.05) is 18.2 Å². The number of imidazole rings is 1. The highest BCUT2D eigenvalue weighted by molar-refractivity contribution is 5.95. The third-order valence-electron chi connectivity index (χ3n) is 4.70. The first-order valence-electron chi connectivity index (χ1n) is 9.26. The van der Waals surface area contributed by atoms with Crippen molar-refractivity contribution in [3.63, 3.8) is 0 Å². The quantitative estimate of drug-likeness (QED) is 0.549. The van der Waals surface area contributed by atoms with Crippen LogP contribution < -0.4 is 15.5 Å². The van der Waals surface area contributed by atoms with Crippen molar-refractivity contribution >= 4 is 28.7 Å². The van der Waals surface area contributed by atoms with Gasteiger partial charge in [-0.2, -0.15) is 0 Å². The van der Waals surface area contributed by atoms with Gasteiger partial charge in [-0.3, -0.25) is 14.2 Å². The molecule has 0 saturated carbocycles. The molecule has 2 heterocycles. The maximum atomic E-state index is 12.0. The number of nitrogens with zero attached hydrogens (tertiary/aromatic N) is 4. The van der Waals surface area contributed by atoms with Crippen LogP contribution in [0.5, 0.6) is 0 Å². The number of carbonyl (C=O) groups is 1. The summed E-state index contributed by atoms with van der Waals surface area (Å²) in [5.41, 5.74) is 5.05. The minimum Gasteiger partial charge on any atom is -0.378 e. The van der Waals surface area contributed by atoms with Crippen LogP contribution in [0.2, 0.25) is 0 Å². The summed E-state index contributed by atoms with van der Waals surface area (Å²) in [6.45, 7) is 0. The molecule has 0 aliphatic carbocycles. The van der Waals surface area contributed by atoms with Crippen LogP contribution in [0.3, 0.4) is 0 Å². The molecule has 0 saturated heterocycles. The van der Waals surface area contributed by atoms with E-state index < -0.39 is 0 Å². The van der Waals surface area contributed by atoms with E-state index in [9.17, 15) is 4.79 Å². The second kappa shape index (κ2) is 7.63. The molecule has 0 bridgehead atoms. The number of nitrogens with one attached hydrogen (secondary N) is 2. The lowest BCUT2D eigenvalue weighted by atomic mass is 10.1. The lowest BCUT2D eigenvalue weighted by Gasteiger charge is -2.13. The summed E-state index contributed by atoms with van der Waals surface area (Å²) < 4.78 is 1.95. The fourth-order valence-electron chi connectivity index (χ4n) is 3.16. The summed E-state index contributed by atoms with van der Waals surface area (Å²) in [5, 5.41) is 6.09. The molecule has 0 unspecified atom stereocenters. The van der Waals surface area contributed by atoms with E-state index in [0.717, 1.165) is 34.1 Å². The Kier molecular flexibility index (Phi) is 4.87. The Labute approximate surface area is 169 Å². The maximum absolute atomic E-state index is 12.0. The normalized spacial score (nSPS) is 10.7. The second-order valence-corrected chi connectivity index (χ2v) is 6.84. The van der Waals surface area contributed by atoms with Crippen LogP contribution in [0.1, 0.15) is 10.4 Å². The Bertz CT molecular complexity index is 1160. The van der Waals surface area contributed by atoms with Gasteiger partial charge in [0.15, 0.2) is 5.65 Å². The van der Waals surface area contributed by atoms with E-state index in [0.29, 0.717) is 5.56 Å². The molecule has 0 aliphatic heterocycles. The second-order valence-electron chi connectivity index (χ2n) is 6.84. The van der Waals surface area contributed by atoms with Gasteiger partial charge in [-0.05, 0) is 30.3 Å². The average Bonchev–Trinajstić information content (AvgIpc) is 3.12. The summed E-state index contributed by atoms with van der Waals surface area (Å²) in [6, 6.07) is 15.6. The number of hydrogen-bond donors (Lipinski definition) is 2. The van der Waals surface area contributed by atoms with Crippen LogP contribution in [0.15, 0.2) is 67.1 Å². The van der Waals surface area contributed by atoms with Crippen LogP contribution in [0, 0.1) is 0 Å². The molecule has 7 heteroatoms. The molecule has 2 aromatic carbocycles. The number of carbonyl (C=O) groups excluding carboxylic acids is 1. The average molecular weight is 386 g/mol. The Morgan fingerprint density at radius 1 is 1.10 bits per heavy atom. The Hall–Kier alpha value is -3.87. The van der Waals surface area contributed by atoms with Crippen LogP contribution in [0.25, 0.3) is 16.9 Å². The largest absolute Gasteiger partial charge is 0.378 e. The molecule has 4 rings (SSSR count). The van der Waals surface area contributed by atoms with Crippen molar-refractivity contribution in [3.8, 4) is 11.3 Å². The zero-order valence-corrected chi connectivity index (χ0v) is 16.5. The van der Waals surface area contributed by atoms with Gasteiger partial charge >= 0.3 is 0 Å². The molecule has 1 amide bonds. The Morgan fingerprint density at radius 2 is 1.90 bits per heavy atom. The predicted octanol–water partition coefficient (Wildman–Crippen LogP) is 3.57. The number of benzene rings is 2. The zero-order chi connectivity index (χ0) is 20.4. The molecule has 0 spiro atoms. The highest BCUT2D eigenvalue weighted by atomic mass is 16.1. The number of hydrogen-bond acceptors (Lipinski definition) is 5. The van der Waals surface area contributed by atoms with E-state index in [-0.39, 0.29) is 5.91 Å². The van der Waals surface area contributed by atoms with Crippen LogP contribution in [-0.4, -0.2) is 41.4 Å². The third kappa shape index (κ3) is 3.62. The minimum atomic E-state index is -0.129. The van der Waals surface area contributed by atoms with Gasteiger partial charge in [-0.15, -0.1) is 0 Å². The molecule has 0 fully saturated rings. The van der Waals surface area contributed by atoms with Gasteiger partial charge in [0.1, 0.15) is 11.5 Å². The minimum absolute atomic E-state index is 0.129. The number of rotatable bonds is 5. The smallest absolute Gasteiger partial charge is 0.251 e. The molecule has 4 aromatic rings. The molecule has 0 aliphatic rings. The SMILES string of the molecule is CNC(=O)c1cccc(Nc2c(-c3ccc(N(C)C)cc3)nc3cnccn23)c1. The standard InChI is InChI=1S/C22H22N6O/c1-23-22(29)16-5-4-6-17(13-16)25-21-20(26-19-14-24-11-12-28(19)21)15-7-9-18(10-8-15)27(2)3/h4-14,25H,1-3H3,(H,23,29). The molecule has 29 heavy (non-hydrogen) atoms. The van der Waals surface area contributed by atoms with E-state index in [1.807, 2.05) is 42.9 Å². The molecular formula is C22H22N6O. The third-order valence-corrected chi connectivity index (χ3v) is 4.70. The van der Waals surface area contributed by atoms with E-state index in [2.05, 4.69) is 44.8 Å². The summed E-state index contributed by atoms with van der Waals surface area (Å²) >= 11 is 0. The van der Waals surface area contributed by atoms with Gasteiger partial charge in [0, 0.05) is 56.0 Å². The van der Waals surface area contributed by atoms with Crippen molar-refractivity contribution in [2.75, 3.05) is 31.4 Å². The van der Waals surface area contributed by atoms with Crippen LogP contribution in [0.4, 0.5) is 17.2 Å². The number of anilines is 3. The molecule has 0 atom stereocenters. The lowest BCUT2D eigenvalue weighted by molar-refractivity contribution is 0.0963. The van der Waals surface area contributed by atoms with E-state index >= 15 is 0 Å². The number of aromatic nitrogens is 3. The van der Waals surface area contributed by atoms with Gasteiger partial charge in [0.05, 0.1) is 6.20 Å². The summed E-state index contributed by atoms with van der Waals surface area (Å²) in [7, 11) is 5.64. The monoisotopic (exact) mass is 386 g/mol. The Morgan fingerprint density at radius 3 is 2.62 bits per heavy atom. The molecule has 2 aromatic heterocycles. The fourth-order valence-corrected chi connectivity index (χ4v) is 3.16.